The summed E-state index contributed by atoms with van der Waals surface area (Å²) in [6, 6.07) is 9.48. The molecule has 1 aliphatic rings. The molecule has 2 atom stereocenters. The first kappa shape index (κ1) is 20.6. The molecule has 1 aromatic carbocycles. The summed E-state index contributed by atoms with van der Waals surface area (Å²) in [7, 11) is 0. The number of aromatic nitrogens is 2. The molecule has 0 radical (unpaired) electrons. The highest BCUT2D eigenvalue weighted by Crippen LogP contribution is 2.32. The molecule has 0 aliphatic carbocycles. The van der Waals surface area contributed by atoms with E-state index in [9.17, 15) is 18.0 Å². The number of benzene rings is 1. The molecule has 1 aliphatic heterocycles. The molecular formula is C19H20F3N3O2S. The van der Waals surface area contributed by atoms with E-state index in [-0.39, 0.29) is 22.9 Å². The van der Waals surface area contributed by atoms with Crippen LogP contribution in [0.5, 0.6) is 0 Å². The standard InChI is InChI=1S/C19H20F3N3O2S/c1-12(17(26)23-11-14-8-5-9-27-14)28-18-24-15(13-6-3-2-4-7-13)10-16(25-18)19(20,21)22/h2-4,6-7,10,12,14H,5,8-9,11H2,1H3,(H,23,26)/t12-,14+/m0/s1. The molecule has 3 rings (SSSR count). The maximum absolute atomic E-state index is 13.3. The van der Waals surface area contributed by atoms with Gasteiger partial charge in [-0.15, -0.1) is 0 Å². The molecule has 0 bridgehead atoms. The van der Waals surface area contributed by atoms with Crippen LogP contribution in [0.15, 0.2) is 41.6 Å². The average molecular weight is 411 g/mol. The zero-order valence-corrected chi connectivity index (χ0v) is 16.0. The molecule has 0 unspecified atom stereocenters. The normalized spacial score (nSPS) is 18.1. The number of amides is 1. The number of carbonyl (C=O) groups is 1. The second kappa shape index (κ2) is 8.91. The minimum Gasteiger partial charge on any atom is -0.376 e. The molecule has 2 aromatic rings. The molecule has 0 saturated carbocycles. The fourth-order valence-corrected chi connectivity index (χ4v) is 3.56. The van der Waals surface area contributed by atoms with Crippen molar-refractivity contribution in [3.63, 3.8) is 0 Å². The zero-order chi connectivity index (χ0) is 20.1. The van der Waals surface area contributed by atoms with Gasteiger partial charge in [0.2, 0.25) is 5.91 Å². The number of hydrogen-bond donors (Lipinski definition) is 1. The van der Waals surface area contributed by atoms with Crippen molar-refractivity contribution in [1.82, 2.24) is 15.3 Å². The maximum atomic E-state index is 13.3. The number of thioether (sulfide) groups is 1. The fourth-order valence-electron chi connectivity index (χ4n) is 2.75. The Kier molecular flexibility index (Phi) is 6.56. The van der Waals surface area contributed by atoms with Crippen molar-refractivity contribution in [2.75, 3.05) is 13.2 Å². The van der Waals surface area contributed by atoms with E-state index in [0.717, 1.165) is 30.7 Å². The number of halogens is 3. The predicted molar refractivity (Wildman–Crippen MR) is 99.8 cm³/mol. The highest BCUT2D eigenvalue weighted by Gasteiger charge is 2.34. The molecule has 1 saturated heterocycles. The van der Waals surface area contributed by atoms with Crippen LogP contribution >= 0.6 is 11.8 Å². The lowest BCUT2D eigenvalue weighted by atomic mass is 10.1. The Bertz CT molecular complexity index is 812. The molecule has 2 heterocycles. The monoisotopic (exact) mass is 411 g/mol. The number of alkyl halides is 3. The molecule has 0 spiro atoms. The van der Waals surface area contributed by atoms with Gasteiger partial charge in [0.1, 0.15) is 5.69 Å². The Morgan fingerprint density at radius 1 is 1.32 bits per heavy atom. The van der Waals surface area contributed by atoms with E-state index >= 15 is 0 Å². The number of nitrogens with zero attached hydrogens (tertiary/aromatic N) is 2. The van der Waals surface area contributed by atoms with Crippen LogP contribution < -0.4 is 5.32 Å². The molecule has 1 fully saturated rings. The minimum absolute atomic E-state index is 0.00404. The summed E-state index contributed by atoms with van der Waals surface area (Å²) in [5.41, 5.74) is -0.319. The van der Waals surface area contributed by atoms with Gasteiger partial charge in [0.25, 0.3) is 0 Å². The van der Waals surface area contributed by atoms with Crippen LogP contribution in [0.4, 0.5) is 13.2 Å². The molecule has 150 valence electrons. The Balaban J connectivity index is 1.75. The molecule has 5 nitrogen and oxygen atoms in total. The minimum atomic E-state index is -4.60. The van der Waals surface area contributed by atoms with Gasteiger partial charge in [0.05, 0.1) is 17.0 Å². The van der Waals surface area contributed by atoms with Gasteiger partial charge in [0.15, 0.2) is 5.16 Å². The molecule has 28 heavy (non-hydrogen) atoms. The number of carbonyl (C=O) groups excluding carboxylic acids is 1. The van der Waals surface area contributed by atoms with Crippen molar-refractivity contribution in [2.45, 2.75) is 42.5 Å². The number of ether oxygens (including phenoxy) is 1. The third-order valence-electron chi connectivity index (χ3n) is 4.24. The van der Waals surface area contributed by atoms with Crippen molar-refractivity contribution >= 4 is 17.7 Å². The Morgan fingerprint density at radius 2 is 2.07 bits per heavy atom. The summed E-state index contributed by atoms with van der Waals surface area (Å²) in [5.74, 6) is -0.289. The van der Waals surface area contributed by atoms with Gasteiger partial charge in [-0.3, -0.25) is 4.79 Å². The Labute approximate surface area is 165 Å². The van der Waals surface area contributed by atoms with E-state index in [1.165, 1.54) is 0 Å². The fraction of sp³-hybridized carbons (Fsp3) is 0.421. The second-order valence-corrected chi connectivity index (χ2v) is 7.73. The average Bonchev–Trinajstić information content (AvgIpc) is 3.19. The first-order chi connectivity index (χ1) is 13.3. The van der Waals surface area contributed by atoms with Crippen LogP contribution in [-0.4, -0.2) is 40.4 Å². The second-order valence-electron chi connectivity index (χ2n) is 6.43. The van der Waals surface area contributed by atoms with Crippen molar-refractivity contribution in [2.24, 2.45) is 0 Å². The Morgan fingerprint density at radius 3 is 2.71 bits per heavy atom. The summed E-state index contributed by atoms with van der Waals surface area (Å²) < 4.78 is 45.2. The van der Waals surface area contributed by atoms with Gasteiger partial charge >= 0.3 is 6.18 Å². The van der Waals surface area contributed by atoms with Gasteiger partial charge in [-0.2, -0.15) is 13.2 Å². The van der Waals surface area contributed by atoms with E-state index in [0.29, 0.717) is 18.7 Å². The topological polar surface area (TPSA) is 64.1 Å². The number of nitrogens with one attached hydrogen (secondary N) is 1. The van der Waals surface area contributed by atoms with Crippen LogP contribution in [0.25, 0.3) is 11.3 Å². The molecular weight excluding hydrogens is 391 g/mol. The van der Waals surface area contributed by atoms with Gasteiger partial charge in [-0.1, -0.05) is 42.1 Å². The lowest BCUT2D eigenvalue weighted by Gasteiger charge is -2.15. The lowest BCUT2D eigenvalue weighted by Crippen LogP contribution is -2.36. The predicted octanol–water partition coefficient (Wildman–Crippen LogP) is 3.94. The lowest BCUT2D eigenvalue weighted by molar-refractivity contribution is -0.141. The molecule has 1 aromatic heterocycles. The van der Waals surface area contributed by atoms with Crippen LogP contribution in [0.1, 0.15) is 25.5 Å². The summed E-state index contributed by atoms with van der Waals surface area (Å²) in [4.78, 5) is 20.1. The van der Waals surface area contributed by atoms with E-state index in [2.05, 4.69) is 15.3 Å². The van der Waals surface area contributed by atoms with E-state index in [1.807, 2.05) is 0 Å². The van der Waals surface area contributed by atoms with Crippen LogP contribution in [-0.2, 0) is 15.7 Å². The van der Waals surface area contributed by atoms with Gasteiger partial charge in [-0.25, -0.2) is 9.97 Å². The Hall–Kier alpha value is -2.13. The van der Waals surface area contributed by atoms with Gasteiger partial charge < -0.3 is 10.1 Å². The quantitative estimate of drug-likeness (QED) is 0.576. The van der Waals surface area contributed by atoms with Crippen LogP contribution in [0.2, 0.25) is 0 Å². The zero-order valence-electron chi connectivity index (χ0n) is 15.2. The van der Waals surface area contributed by atoms with E-state index < -0.39 is 17.1 Å². The number of rotatable bonds is 6. The van der Waals surface area contributed by atoms with Crippen LogP contribution in [0.3, 0.4) is 0 Å². The first-order valence-electron chi connectivity index (χ1n) is 8.90. The van der Waals surface area contributed by atoms with Crippen molar-refractivity contribution in [3.05, 3.63) is 42.1 Å². The first-order valence-corrected chi connectivity index (χ1v) is 9.78. The van der Waals surface area contributed by atoms with Gasteiger partial charge in [0, 0.05) is 18.7 Å². The summed E-state index contributed by atoms with van der Waals surface area (Å²) in [6.07, 6.45) is -2.76. The largest absolute Gasteiger partial charge is 0.433 e. The van der Waals surface area contributed by atoms with Crippen molar-refractivity contribution in [1.29, 1.82) is 0 Å². The SMILES string of the molecule is C[C@H](Sc1nc(-c2ccccc2)cc(C(F)(F)F)n1)C(=O)NC[C@H]1CCCO1. The van der Waals surface area contributed by atoms with E-state index in [1.54, 1.807) is 37.3 Å². The third kappa shape index (κ3) is 5.45. The summed E-state index contributed by atoms with van der Waals surface area (Å²) in [5, 5.41) is 2.04. The molecule has 9 heteroatoms. The van der Waals surface area contributed by atoms with Crippen molar-refractivity contribution in [3.8, 4) is 11.3 Å². The van der Waals surface area contributed by atoms with Crippen molar-refractivity contribution < 1.29 is 22.7 Å². The molecule has 1 N–H and O–H groups in total. The maximum Gasteiger partial charge on any atom is 0.433 e. The van der Waals surface area contributed by atoms with Crippen LogP contribution in [0, 0.1) is 0 Å². The summed E-state index contributed by atoms with van der Waals surface area (Å²) in [6.45, 7) is 2.69. The smallest absolute Gasteiger partial charge is 0.376 e. The summed E-state index contributed by atoms with van der Waals surface area (Å²) >= 11 is 0.898. The number of hydrogen-bond acceptors (Lipinski definition) is 5. The molecule has 1 amide bonds. The highest BCUT2D eigenvalue weighted by atomic mass is 32.2. The third-order valence-corrected chi connectivity index (χ3v) is 5.21. The van der Waals surface area contributed by atoms with Gasteiger partial charge in [-0.05, 0) is 25.8 Å². The van der Waals surface area contributed by atoms with E-state index in [4.69, 9.17) is 4.74 Å². The highest BCUT2D eigenvalue weighted by molar-refractivity contribution is 8.00.